The largest absolute Gasteiger partial charge is 0.384 e. The lowest BCUT2D eigenvalue weighted by molar-refractivity contribution is 0.175. The Morgan fingerprint density at radius 2 is 1.50 bits per heavy atom. The van der Waals surface area contributed by atoms with E-state index in [1.807, 2.05) is 12.1 Å². The van der Waals surface area contributed by atoms with Crippen molar-refractivity contribution in [1.29, 1.82) is 0 Å². The Bertz CT molecular complexity index is 1370. The van der Waals surface area contributed by atoms with E-state index in [1.165, 1.54) is 44.8 Å². The molecule has 0 spiro atoms. The normalized spacial score (nSPS) is 18.6. The number of halogens is 1. The number of piperazine rings is 1. The van der Waals surface area contributed by atoms with Crippen molar-refractivity contribution >= 4 is 45.3 Å². The molecule has 0 unspecified atom stereocenters. The second-order valence-corrected chi connectivity index (χ2v) is 10.9. The number of aromatic amines is 1. The van der Waals surface area contributed by atoms with Crippen LogP contribution in [-0.2, 0) is 19.3 Å². The van der Waals surface area contributed by atoms with Crippen LogP contribution in [0.5, 0.6) is 0 Å². The quantitative estimate of drug-likeness (QED) is 0.298. The van der Waals surface area contributed by atoms with E-state index in [9.17, 15) is 0 Å². The summed E-state index contributed by atoms with van der Waals surface area (Å²) in [5.41, 5.74) is 11.2. The van der Waals surface area contributed by atoms with Gasteiger partial charge >= 0.3 is 0 Å². The topological polar surface area (TPSA) is 43.1 Å². The highest BCUT2D eigenvalue weighted by Gasteiger charge is 2.42. The van der Waals surface area contributed by atoms with Gasteiger partial charge in [-0.05, 0) is 61.2 Å². The van der Waals surface area contributed by atoms with Gasteiger partial charge in [-0.15, -0.1) is 0 Å². The van der Waals surface area contributed by atoms with E-state index < -0.39 is 0 Å². The van der Waals surface area contributed by atoms with E-state index in [2.05, 4.69) is 69.2 Å². The molecule has 0 aliphatic carbocycles. The number of anilines is 2. The van der Waals surface area contributed by atoms with Gasteiger partial charge in [-0.2, -0.15) is 0 Å². The zero-order valence-electron chi connectivity index (χ0n) is 20.6. The lowest BCUT2D eigenvalue weighted by Crippen LogP contribution is -2.58. The number of hydrogen-bond donors (Lipinski definition) is 3. The maximum atomic E-state index is 6.19. The average molecular weight is 499 g/mol. The Balaban J connectivity index is 1.18. The van der Waals surface area contributed by atoms with Crippen molar-refractivity contribution in [3.05, 3.63) is 82.5 Å². The Morgan fingerprint density at radius 3 is 2.17 bits per heavy atom. The van der Waals surface area contributed by atoms with Crippen molar-refractivity contribution in [3.8, 4) is 0 Å². The van der Waals surface area contributed by atoms with Gasteiger partial charge < -0.3 is 15.6 Å². The van der Waals surface area contributed by atoms with Gasteiger partial charge in [0.15, 0.2) is 0 Å². The molecule has 0 saturated carbocycles. The highest BCUT2D eigenvalue weighted by molar-refractivity contribution is 6.31. The predicted octanol–water partition coefficient (Wildman–Crippen LogP) is 5.95. The number of rotatable bonds is 5. The monoisotopic (exact) mass is 498 g/mol. The number of fused-ring (bicyclic) bond motifs is 3. The Hall–Kier alpha value is -2.99. The molecule has 1 fully saturated rings. The molecule has 1 aromatic heterocycles. The van der Waals surface area contributed by atoms with Crippen LogP contribution in [0.3, 0.4) is 0 Å². The van der Waals surface area contributed by atoms with Crippen LogP contribution in [-0.4, -0.2) is 55.7 Å². The second-order valence-electron chi connectivity index (χ2n) is 10.5. The molecule has 7 rings (SSSR count). The third-order valence-electron chi connectivity index (χ3n) is 8.63. The SMILES string of the molecule is Clc1ccc2c(CCN3CC[N+](c4cccc5c4CCN5)(c4cccc5c4CCN5)CC3)c[nH]c2c1. The Morgan fingerprint density at radius 1 is 0.833 bits per heavy atom. The first kappa shape index (κ1) is 22.2. The summed E-state index contributed by atoms with van der Waals surface area (Å²) in [6, 6.07) is 20.0. The fraction of sp³-hybridized carbons (Fsp3) is 0.333. The van der Waals surface area contributed by atoms with Crippen LogP contribution in [0.1, 0.15) is 16.7 Å². The molecule has 0 bridgehead atoms. The standard InChI is InChI=1S/C30H33ClN5/c31-22-7-8-23-21(20-34-28(23)19-22)11-14-35-15-17-36(18-16-35,29-5-1-3-26-24(29)9-12-32-26)30-6-2-4-27-25(30)10-13-33-27/h1-8,19-20,32-34H,9-18H2/q+1. The molecule has 1 saturated heterocycles. The maximum Gasteiger partial charge on any atom is 0.143 e. The van der Waals surface area contributed by atoms with E-state index in [1.54, 1.807) is 0 Å². The smallest absolute Gasteiger partial charge is 0.143 e. The fourth-order valence-corrected chi connectivity index (χ4v) is 6.95. The van der Waals surface area contributed by atoms with Gasteiger partial charge in [0.1, 0.15) is 24.5 Å². The summed E-state index contributed by atoms with van der Waals surface area (Å²) in [5, 5.41) is 9.32. The molecular weight excluding hydrogens is 466 g/mol. The first-order chi connectivity index (χ1) is 17.7. The molecule has 0 radical (unpaired) electrons. The summed E-state index contributed by atoms with van der Waals surface area (Å²) in [4.78, 5) is 6.06. The molecule has 0 atom stereocenters. The van der Waals surface area contributed by atoms with Crippen LogP contribution in [0.15, 0.2) is 60.8 Å². The molecule has 3 aliphatic heterocycles. The van der Waals surface area contributed by atoms with E-state index in [4.69, 9.17) is 11.6 Å². The number of quaternary nitrogens is 1. The summed E-state index contributed by atoms with van der Waals surface area (Å²) in [6.07, 6.45) is 5.45. The van der Waals surface area contributed by atoms with Crippen LogP contribution in [0.2, 0.25) is 5.02 Å². The third kappa shape index (κ3) is 3.61. The molecule has 36 heavy (non-hydrogen) atoms. The first-order valence-corrected chi connectivity index (χ1v) is 13.7. The van der Waals surface area contributed by atoms with Crippen molar-refractivity contribution < 1.29 is 0 Å². The summed E-state index contributed by atoms with van der Waals surface area (Å²) in [6.45, 7) is 7.58. The maximum absolute atomic E-state index is 6.19. The van der Waals surface area contributed by atoms with E-state index >= 15 is 0 Å². The van der Waals surface area contributed by atoms with Gasteiger partial charge in [0.2, 0.25) is 0 Å². The molecular formula is C30H33ClN5+. The zero-order chi connectivity index (χ0) is 24.1. The van der Waals surface area contributed by atoms with Crippen molar-refractivity contribution in [2.45, 2.75) is 19.3 Å². The molecule has 0 amide bonds. The summed E-state index contributed by atoms with van der Waals surface area (Å²) in [5.74, 6) is 0. The van der Waals surface area contributed by atoms with E-state index in [-0.39, 0.29) is 0 Å². The minimum Gasteiger partial charge on any atom is -0.384 e. The number of nitrogens with one attached hydrogen (secondary N) is 3. The Kier molecular flexibility index (Phi) is 5.46. The number of hydrogen-bond acceptors (Lipinski definition) is 3. The zero-order valence-corrected chi connectivity index (χ0v) is 21.4. The van der Waals surface area contributed by atoms with Gasteiger partial charge in [0.25, 0.3) is 0 Å². The van der Waals surface area contributed by atoms with E-state index in [0.717, 1.165) is 80.1 Å². The molecule has 6 heteroatoms. The van der Waals surface area contributed by atoms with Crippen molar-refractivity contribution in [2.75, 3.05) is 56.4 Å². The van der Waals surface area contributed by atoms with Gasteiger partial charge in [-0.1, -0.05) is 29.8 Å². The number of benzene rings is 3. The Labute approximate surface area is 217 Å². The molecule has 3 N–H and O–H groups in total. The van der Waals surface area contributed by atoms with Gasteiger partial charge in [-0.25, -0.2) is 0 Å². The van der Waals surface area contributed by atoms with Gasteiger partial charge in [0.05, 0.1) is 0 Å². The van der Waals surface area contributed by atoms with Crippen molar-refractivity contribution in [3.63, 3.8) is 0 Å². The van der Waals surface area contributed by atoms with E-state index in [0.29, 0.717) is 0 Å². The van der Waals surface area contributed by atoms with Crippen LogP contribution in [0, 0.1) is 0 Å². The minimum atomic E-state index is 0.784. The minimum absolute atomic E-state index is 0.784. The summed E-state index contributed by atoms with van der Waals surface area (Å²) in [7, 11) is 0. The van der Waals surface area contributed by atoms with Gasteiger partial charge in [0, 0.05) is 77.3 Å². The fourth-order valence-electron chi connectivity index (χ4n) is 6.78. The molecule has 3 aromatic carbocycles. The third-order valence-corrected chi connectivity index (χ3v) is 8.86. The van der Waals surface area contributed by atoms with Crippen LogP contribution < -0.4 is 15.1 Å². The van der Waals surface area contributed by atoms with Gasteiger partial charge in [-0.3, -0.25) is 9.38 Å². The van der Waals surface area contributed by atoms with Crippen molar-refractivity contribution in [2.24, 2.45) is 0 Å². The summed E-state index contributed by atoms with van der Waals surface area (Å²) < 4.78 is 0.970. The summed E-state index contributed by atoms with van der Waals surface area (Å²) >= 11 is 6.19. The second kappa shape index (κ2) is 8.84. The average Bonchev–Trinajstić information content (AvgIpc) is 3.66. The molecule has 4 heterocycles. The van der Waals surface area contributed by atoms with Crippen LogP contribution in [0.4, 0.5) is 22.7 Å². The molecule has 5 nitrogen and oxygen atoms in total. The molecule has 3 aliphatic rings. The predicted molar refractivity (Wildman–Crippen MR) is 152 cm³/mol. The first-order valence-electron chi connectivity index (χ1n) is 13.3. The number of aromatic nitrogens is 1. The number of nitrogens with zero attached hydrogens (tertiary/aromatic N) is 2. The highest BCUT2D eigenvalue weighted by Crippen LogP contribution is 2.46. The lowest BCUT2D eigenvalue weighted by Gasteiger charge is -2.45. The van der Waals surface area contributed by atoms with Crippen molar-refractivity contribution in [1.82, 2.24) is 14.4 Å². The van der Waals surface area contributed by atoms with Crippen LogP contribution in [0.25, 0.3) is 10.9 Å². The highest BCUT2D eigenvalue weighted by atomic mass is 35.5. The number of H-pyrrole nitrogens is 1. The molecule has 4 aromatic rings. The van der Waals surface area contributed by atoms with Crippen LogP contribution >= 0.6 is 11.6 Å². The lowest BCUT2D eigenvalue weighted by atomic mass is 9.99. The molecule has 184 valence electrons.